The minimum atomic E-state index is 0.712. The highest BCUT2D eigenvalue weighted by molar-refractivity contribution is 9.10. The number of nitrogens with one attached hydrogen (secondary N) is 1. The Kier molecular flexibility index (Phi) is 4.22. The van der Waals surface area contributed by atoms with Crippen LogP contribution in [0.3, 0.4) is 0 Å². The summed E-state index contributed by atoms with van der Waals surface area (Å²) in [6, 6.07) is 14.0. The van der Waals surface area contributed by atoms with Gasteiger partial charge in [0.2, 0.25) is 0 Å². The van der Waals surface area contributed by atoms with E-state index >= 15 is 0 Å². The van der Waals surface area contributed by atoms with Crippen molar-refractivity contribution in [3.8, 4) is 0 Å². The van der Waals surface area contributed by atoms with Crippen LogP contribution in [0.15, 0.2) is 51.4 Å². The largest absolute Gasteiger partial charge is 0.461 e. The Hall–Kier alpha value is -1.45. The third-order valence-electron chi connectivity index (χ3n) is 3.49. The summed E-state index contributed by atoms with van der Waals surface area (Å²) in [5.74, 6) is 1.04. The van der Waals surface area contributed by atoms with Gasteiger partial charge >= 0.3 is 0 Å². The molecule has 0 fully saturated rings. The molecule has 0 spiro atoms. The first-order valence-corrected chi connectivity index (χ1v) is 8.04. The summed E-state index contributed by atoms with van der Waals surface area (Å²) in [7, 11) is 0. The molecule has 0 saturated carbocycles. The standard InChI is InChI=1S/C17H15BrClNO/c1-2-16-13(12-5-3-4-6-17(12)21-16)10-20-11-7-8-15(19)14(18)9-11/h3-9,20H,2,10H2,1H3. The van der Waals surface area contributed by atoms with Crippen molar-refractivity contribution in [2.24, 2.45) is 0 Å². The number of benzene rings is 2. The molecule has 3 aromatic rings. The zero-order valence-electron chi connectivity index (χ0n) is 11.6. The second-order valence-electron chi connectivity index (χ2n) is 4.84. The fourth-order valence-corrected chi connectivity index (χ4v) is 2.92. The fraction of sp³-hybridized carbons (Fsp3) is 0.176. The van der Waals surface area contributed by atoms with E-state index < -0.39 is 0 Å². The van der Waals surface area contributed by atoms with E-state index in [9.17, 15) is 0 Å². The molecule has 2 nitrogen and oxygen atoms in total. The van der Waals surface area contributed by atoms with Gasteiger partial charge in [-0.25, -0.2) is 0 Å². The minimum Gasteiger partial charge on any atom is -0.461 e. The van der Waals surface area contributed by atoms with E-state index in [0.29, 0.717) is 5.02 Å². The molecule has 4 heteroatoms. The smallest absolute Gasteiger partial charge is 0.134 e. The lowest BCUT2D eigenvalue weighted by molar-refractivity contribution is 0.551. The summed E-state index contributed by atoms with van der Waals surface area (Å²) in [5, 5.41) is 5.32. The summed E-state index contributed by atoms with van der Waals surface area (Å²) >= 11 is 9.46. The lowest BCUT2D eigenvalue weighted by atomic mass is 10.1. The zero-order valence-corrected chi connectivity index (χ0v) is 14.0. The molecule has 21 heavy (non-hydrogen) atoms. The molecule has 1 aromatic heterocycles. The molecule has 0 radical (unpaired) electrons. The first-order valence-electron chi connectivity index (χ1n) is 6.87. The predicted octanol–water partition coefficient (Wildman–Crippen LogP) is 6.02. The van der Waals surface area contributed by atoms with E-state index in [1.165, 1.54) is 10.9 Å². The van der Waals surface area contributed by atoms with Crippen molar-refractivity contribution in [1.82, 2.24) is 0 Å². The lowest BCUT2D eigenvalue weighted by Crippen LogP contribution is -2.01. The third-order valence-corrected chi connectivity index (χ3v) is 4.71. The van der Waals surface area contributed by atoms with Gasteiger partial charge in [0.1, 0.15) is 11.3 Å². The highest BCUT2D eigenvalue weighted by Gasteiger charge is 2.12. The summed E-state index contributed by atoms with van der Waals surface area (Å²) < 4.78 is 6.80. The Bertz CT molecular complexity index is 782. The molecule has 0 unspecified atom stereocenters. The van der Waals surface area contributed by atoms with Crippen LogP contribution in [-0.2, 0) is 13.0 Å². The molecule has 0 atom stereocenters. The number of halogens is 2. The molecular weight excluding hydrogens is 350 g/mol. The lowest BCUT2D eigenvalue weighted by Gasteiger charge is -2.08. The average molecular weight is 365 g/mol. The Morgan fingerprint density at radius 3 is 2.76 bits per heavy atom. The van der Waals surface area contributed by atoms with Crippen molar-refractivity contribution >= 4 is 44.2 Å². The number of aryl methyl sites for hydroxylation is 1. The van der Waals surface area contributed by atoms with Crippen molar-refractivity contribution in [2.75, 3.05) is 5.32 Å². The number of para-hydroxylation sites is 1. The summed E-state index contributed by atoms with van der Waals surface area (Å²) in [6.45, 7) is 2.84. The van der Waals surface area contributed by atoms with Gasteiger partial charge in [0.25, 0.3) is 0 Å². The topological polar surface area (TPSA) is 25.2 Å². The summed E-state index contributed by atoms with van der Waals surface area (Å²) in [6.07, 6.45) is 0.885. The molecule has 2 aromatic carbocycles. The third kappa shape index (κ3) is 2.94. The number of hydrogen-bond acceptors (Lipinski definition) is 2. The monoisotopic (exact) mass is 363 g/mol. The molecule has 1 N–H and O–H groups in total. The van der Waals surface area contributed by atoms with Gasteiger partial charge in [-0.1, -0.05) is 36.7 Å². The Balaban J connectivity index is 1.89. The van der Waals surface area contributed by atoms with E-state index in [0.717, 1.165) is 34.5 Å². The molecule has 0 aliphatic rings. The average Bonchev–Trinajstić information content (AvgIpc) is 2.86. The normalized spacial score (nSPS) is 11.0. The second-order valence-corrected chi connectivity index (χ2v) is 6.10. The van der Waals surface area contributed by atoms with Crippen molar-refractivity contribution in [3.05, 3.63) is 63.3 Å². The van der Waals surface area contributed by atoms with Crippen LogP contribution in [0.4, 0.5) is 5.69 Å². The van der Waals surface area contributed by atoms with Gasteiger partial charge in [0, 0.05) is 34.1 Å². The minimum absolute atomic E-state index is 0.712. The molecule has 0 aliphatic carbocycles. The number of hydrogen-bond donors (Lipinski definition) is 1. The van der Waals surface area contributed by atoms with Crippen LogP contribution < -0.4 is 5.32 Å². The molecule has 0 saturated heterocycles. The van der Waals surface area contributed by atoms with Gasteiger partial charge in [-0.15, -0.1) is 0 Å². The van der Waals surface area contributed by atoms with Gasteiger partial charge in [0.05, 0.1) is 5.02 Å². The Labute approximate surface area is 137 Å². The van der Waals surface area contributed by atoms with E-state index in [1.54, 1.807) is 0 Å². The number of anilines is 1. The van der Waals surface area contributed by atoms with Crippen LogP contribution >= 0.6 is 27.5 Å². The van der Waals surface area contributed by atoms with Crippen molar-refractivity contribution in [3.63, 3.8) is 0 Å². The first kappa shape index (κ1) is 14.5. The van der Waals surface area contributed by atoms with Crippen LogP contribution in [0, 0.1) is 0 Å². The van der Waals surface area contributed by atoms with Crippen LogP contribution in [0.5, 0.6) is 0 Å². The van der Waals surface area contributed by atoms with E-state index in [-0.39, 0.29) is 0 Å². The summed E-state index contributed by atoms with van der Waals surface area (Å²) in [4.78, 5) is 0. The van der Waals surface area contributed by atoms with Gasteiger partial charge < -0.3 is 9.73 Å². The Morgan fingerprint density at radius 1 is 1.19 bits per heavy atom. The maximum absolute atomic E-state index is 6.02. The van der Waals surface area contributed by atoms with Crippen LogP contribution in [0.25, 0.3) is 11.0 Å². The van der Waals surface area contributed by atoms with Gasteiger partial charge in [-0.05, 0) is 40.2 Å². The zero-order chi connectivity index (χ0) is 14.8. The van der Waals surface area contributed by atoms with Gasteiger partial charge in [-0.2, -0.15) is 0 Å². The van der Waals surface area contributed by atoms with Crippen LogP contribution in [-0.4, -0.2) is 0 Å². The molecular formula is C17H15BrClNO. The highest BCUT2D eigenvalue weighted by atomic mass is 79.9. The molecule has 1 heterocycles. The maximum Gasteiger partial charge on any atom is 0.134 e. The quantitative estimate of drug-likeness (QED) is 0.612. The second kappa shape index (κ2) is 6.12. The molecule has 108 valence electrons. The Morgan fingerprint density at radius 2 is 2.00 bits per heavy atom. The van der Waals surface area contributed by atoms with Crippen molar-refractivity contribution < 1.29 is 4.42 Å². The number of rotatable bonds is 4. The van der Waals surface area contributed by atoms with Gasteiger partial charge in [0.15, 0.2) is 0 Å². The van der Waals surface area contributed by atoms with E-state index in [4.69, 9.17) is 16.0 Å². The molecule has 0 aliphatic heterocycles. The SMILES string of the molecule is CCc1oc2ccccc2c1CNc1ccc(Cl)c(Br)c1. The number of fused-ring (bicyclic) bond motifs is 1. The predicted molar refractivity (Wildman–Crippen MR) is 92.1 cm³/mol. The molecule has 3 rings (SSSR count). The van der Waals surface area contributed by atoms with E-state index in [1.807, 2.05) is 36.4 Å². The number of furan rings is 1. The van der Waals surface area contributed by atoms with Crippen LogP contribution in [0.1, 0.15) is 18.2 Å². The summed E-state index contributed by atoms with van der Waals surface area (Å²) in [5.41, 5.74) is 3.20. The van der Waals surface area contributed by atoms with Gasteiger partial charge in [-0.3, -0.25) is 0 Å². The fourth-order valence-electron chi connectivity index (χ4n) is 2.43. The first-order chi connectivity index (χ1) is 10.2. The molecule has 0 amide bonds. The van der Waals surface area contributed by atoms with E-state index in [2.05, 4.69) is 34.2 Å². The maximum atomic E-state index is 6.02. The highest BCUT2D eigenvalue weighted by Crippen LogP contribution is 2.29. The van der Waals surface area contributed by atoms with Crippen molar-refractivity contribution in [1.29, 1.82) is 0 Å². The molecule has 0 bridgehead atoms. The van der Waals surface area contributed by atoms with Crippen LogP contribution in [0.2, 0.25) is 5.02 Å². The van der Waals surface area contributed by atoms with Crippen molar-refractivity contribution in [2.45, 2.75) is 19.9 Å².